The van der Waals surface area contributed by atoms with Crippen LogP contribution in [0.1, 0.15) is 22.7 Å². The molecular weight excluding hydrogens is 367 g/mol. The normalized spacial score (nSPS) is 11.9. The molecule has 1 atom stereocenters. The highest BCUT2D eigenvalue weighted by atomic mass is 35.5. The Hall–Kier alpha value is -2.63. The third kappa shape index (κ3) is 4.96. The summed E-state index contributed by atoms with van der Waals surface area (Å²) in [4.78, 5) is 4.10. The van der Waals surface area contributed by atoms with E-state index < -0.39 is 0 Å². The summed E-state index contributed by atoms with van der Waals surface area (Å²) in [7, 11) is 1.56. The molecular formula is C21H20ClFN2O2. The number of nitrogens with two attached hydrogens (primary N) is 1. The topological polar surface area (TPSA) is 57.4 Å². The third-order valence-corrected chi connectivity index (χ3v) is 4.43. The molecule has 0 saturated carbocycles. The van der Waals surface area contributed by atoms with Gasteiger partial charge in [-0.05, 0) is 53.4 Å². The maximum absolute atomic E-state index is 13.0. The largest absolute Gasteiger partial charge is 0.493 e. The molecule has 0 aliphatic rings. The molecule has 27 heavy (non-hydrogen) atoms. The Morgan fingerprint density at radius 3 is 2.59 bits per heavy atom. The van der Waals surface area contributed by atoms with E-state index in [1.165, 1.54) is 12.1 Å². The number of hydrogen-bond donors (Lipinski definition) is 1. The SMILES string of the molecule is COc1cc(CC(N)c2cccnc2)cc(Cl)c1OCc1ccc(F)cc1. The van der Waals surface area contributed by atoms with Crippen molar-refractivity contribution in [1.82, 2.24) is 4.98 Å². The molecule has 6 heteroatoms. The van der Waals surface area contributed by atoms with Crippen LogP contribution in [0.4, 0.5) is 4.39 Å². The van der Waals surface area contributed by atoms with Crippen LogP contribution in [0.3, 0.4) is 0 Å². The fraction of sp³-hybridized carbons (Fsp3) is 0.190. The summed E-state index contributed by atoms with van der Waals surface area (Å²) in [5.74, 6) is 0.684. The lowest BCUT2D eigenvalue weighted by molar-refractivity contribution is 0.284. The molecule has 0 aliphatic carbocycles. The highest BCUT2D eigenvalue weighted by Gasteiger charge is 2.15. The van der Waals surface area contributed by atoms with Gasteiger partial charge in [-0.25, -0.2) is 4.39 Å². The number of aromatic nitrogens is 1. The Morgan fingerprint density at radius 1 is 1.15 bits per heavy atom. The van der Waals surface area contributed by atoms with Crippen molar-refractivity contribution >= 4 is 11.6 Å². The minimum atomic E-state index is -0.288. The van der Waals surface area contributed by atoms with Gasteiger partial charge in [-0.2, -0.15) is 0 Å². The van der Waals surface area contributed by atoms with Crippen LogP contribution in [0.2, 0.25) is 5.02 Å². The first-order valence-corrected chi connectivity index (χ1v) is 8.83. The molecule has 1 aromatic heterocycles. The van der Waals surface area contributed by atoms with Crippen molar-refractivity contribution in [3.8, 4) is 11.5 Å². The Kier molecular flexibility index (Phi) is 6.27. The van der Waals surface area contributed by atoms with Crippen LogP contribution in [0.5, 0.6) is 11.5 Å². The van der Waals surface area contributed by atoms with E-state index >= 15 is 0 Å². The smallest absolute Gasteiger partial charge is 0.180 e. The van der Waals surface area contributed by atoms with Crippen molar-refractivity contribution < 1.29 is 13.9 Å². The second-order valence-electron chi connectivity index (χ2n) is 6.12. The second kappa shape index (κ2) is 8.84. The van der Waals surface area contributed by atoms with E-state index in [-0.39, 0.29) is 18.5 Å². The number of methoxy groups -OCH3 is 1. The van der Waals surface area contributed by atoms with Gasteiger partial charge in [0.2, 0.25) is 0 Å². The van der Waals surface area contributed by atoms with Gasteiger partial charge >= 0.3 is 0 Å². The highest BCUT2D eigenvalue weighted by Crippen LogP contribution is 2.37. The molecule has 1 heterocycles. The Bertz CT molecular complexity index is 889. The molecule has 140 valence electrons. The predicted octanol–water partition coefficient (Wildman–Crippen LogP) is 4.70. The van der Waals surface area contributed by atoms with Gasteiger partial charge < -0.3 is 15.2 Å². The number of nitrogens with zero attached hydrogens (tertiary/aromatic N) is 1. The molecule has 2 N–H and O–H groups in total. The zero-order valence-electron chi connectivity index (χ0n) is 14.9. The second-order valence-corrected chi connectivity index (χ2v) is 6.53. The van der Waals surface area contributed by atoms with Gasteiger partial charge in [0, 0.05) is 18.4 Å². The molecule has 0 radical (unpaired) electrons. The molecule has 3 aromatic rings. The average Bonchev–Trinajstić information content (AvgIpc) is 2.68. The molecule has 0 amide bonds. The predicted molar refractivity (Wildman–Crippen MR) is 104 cm³/mol. The Labute approximate surface area is 162 Å². The van der Waals surface area contributed by atoms with Crippen LogP contribution in [0.25, 0.3) is 0 Å². The lowest BCUT2D eigenvalue weighted by atomic mass is 10.0. The van der Waals surface area contributed by atoms with Crippen LogP contribution >= 0.6 is 11.6 Å². The fourth-order valence-electron chi connectivity index (χ4n) is 2.73. The summed E-state index contributed by atoms with van der Waals surface area (Å²) in [6.07, 6.45) is 4.05. The van der Waals surface area contributed by atoms with Crippen molar-refractivity contribution in [2.45, 2.75) is 19.1 Å². The van der Waals surface area contributed by atoms with E-state index in [1.807, 2.05) is 24.3 Å². The summed E-state index contributed by atoms with van der Waals surface area (Å²) < 4.78 is 24.3. The maximum Gasteiger partial charge on any atom is 0.180 e. The fourth-order valence-corrected chi connectivity index (χ4v) is 3.02. The third-order valence-electron chi connectivity index (χ3n) is 4.15. The first-order chi connectivity index (χ1) is 13.1. The van der Waals surface area contributed by atoms with E-state index in [4.69, 9.17) is 26.8 Å². The average molecular weight is 387 g/mol. The number of rotatable bonds is 7. The molecule has 0 spiro atoms. The number of hydrogen-bond acceptors (Lipinski definition) is 4. The van der Waals surface area contributed by atoms with Gasteiger partial charge in [0.15, 0.2) is 11.5 Å². The van der Waals surface area contributed by atoms with E-state index in [9.17, 15) is 4.39 Å². The van der Waals surface area contributed by atoms with Crippen LogP contribution in [0, 0.1) is 5.82 Å². The van der Waals surface area contributed by atoms with Gasteiger partial charge in [-0.15, -0.1) is 0 Å². The zero-order valence-corrected chi connectivity index (χ0v) is 15.6. The van der Waals surface area contributed by atoms with Crippen molar-refractivity contribution in [2.24, 2.45) is 5.73 Å². The quantitative estimate of drug-likeness (QED) is 0.639. The van der Waals surface area contributed by atoms with Gasteiger partial charge in [0.1, 0.15) is 12.4 Å². The first-order valence-electron chi connectivity index (χ1n) is 8.46. The Morgan fingerprint density at radius 2 is 1.93 bits per heavy atom. The molecule has 0 fully saturated rings. The number of ether oxygens (including phenoxy) is 2. The van der Waals surface area contributed by atoms with Gasteiger partial charge in [-0.1, -0.05) is 29.8 Å². The van der Waals surface area contributed by atoms with E-state index in [0.717, 1.165) is 16.7 Å². The lowest BCUT2D eigenvalue weighted by Gasteiger charge is -2.16. The van der Waals surface area contributed by atoms with Crippen molar-refractivity contribution in [3.05, 3.63) is 88.5 Å². The van der Waals surface area contributed by atoms with Gasteiger partial charge in [-0.3, -0.25) is 4.98 Å². The number of halogens is 2. The lowest BCUT2D eigenvalue weighted by Crippen LogP contribution is -2.13. The number of pyridine rings is 1. The van der Waals surface area contributed by atoms with Gasteiger partial charge in [0.05, 0.1) is 12.1 Å². The molecule has 0 saturated heterocycles. The molecule has 2 aromatic carbocycles. The van der Waals surface area contributed by atoms with Crippen molar-refractivity contribution in [2.75, 3.05) is 7.11 Å². The van der Waals surface area contributed by atoms with Crippen molar-refractivity contribution in [1.29, 1.82) is 0 Å². The number of benzene rings is 2. The van der Waals surface area contributed by atoms with Crippen molar-refractivity contribution in [3.63, 3.8) is 0 Å². The summed E-state index contributed by atoms with van der Waals surface area (Å²) in [5.41, 5.74) is 8.98. The standard InChI is InChI=1S/C21H20ClFN2O2/c1-26-20-11-15(10-19(24)16-3-2-8-25-12-16)9-18(22)21(20)27-13-14-4-6-17(23)7-5-14/h2-9,11-12,19H,10,13,24H2,1H3. The molecule has 4 nitrogen and oxygen atoms in total. The molecule has 0 bridgehead atoms. The summed E-state index contributed by atoms with van der Waals surface area (Å²) in [6.45, 7) is 0.255. The molecule has 0 aliphatic heterocycles. The minimum absolute atomic E-state index is 0.203. The van der Waals surface area contributed by atoms with Crippen LogP contribution in [-0.4, -0.2) is 12.1 Å². The summed E-state index contributed by atoms with van der Waals surface area (Å²) in [6, 6.07) is 13.4. The summed E-state index contributed by atoms with van der Waals surface area (Å²) >= 11 is 6.42. The van der Waals surface area contributed by atoms with E-state index in [1.54, 1.807) is 31.6 Å². The van der Waals surface area contributed by atoms with Crippen LogP contribution in [-0.2, 0) is 13.0 Å². The molecule has 1 unspecified atom stereocenters. The zero-order chi connectivity index (χ0) is 19.2. The maximum atomic E-state index is 13.0. The first kappa shape index (κ1) is 19.1. The van der Waals surface area contributed by atoms with Gasteiger partial charge in [0.25, 0.3) is 0 Å². The highest BCUT2D eigenvalue weighted by molar-refractivity contribution is 6.32. The Balaban J connectivity index is 1.75. The van der Waals surface area contributed by atoms with Crippen LogP contribution in [0.15, 0.2) is 60.9 Å². The minimum Gasteiger partial charge on any atom is -0.493 e. The van der Waals surface area contributed by atoms with Crippen LogP contribution < -0.4 is 15.2 Å². The van der Waals surface area contributed by atoms with E-state index in [0.29, 0.717) is 22.9 Å². The summed E-state index contributed by atoms with van der Waals surface area (Å²) in [5, 5.41) is 0.435. The van der Waals surface area contributed by atoms with E-state index in [2.05, 4.69) is 4.98 Å². The molecule has 3 rings (SSSR count). The monoisotopic (exact) mass is 386 g/mol.